The van der Waals surface area contributed by atoms with Gasteiger partial charge in [-0.05, 0) is 45.4 Å². The van der Waals surface area contributed by atoms with Crippen molar-refractivity contribution in [2.75, 3.05) is 26.2 Å². The maximum atomic E-state index is 12.7. The van der Waals surface area contributed by atoms with Gasteiger partial charge in [-0.25, -0.2) is 13.2 Å². The third kappa shape index (κ3) is 4.40. The van der Waals surface area contributed by atoms with Crippen molar-refractivity contribution in [1.82, 2.24) is 14.5 Å². The van der Waals surface area contributed by atoms with Crippen molar-refractivity contribution in [2.24, 2.45) is 0 Å². The second-order valence-electron chi connectivity index (χ2n) is 6.98. The van der Waals surface area contributed by atoms with Crippen molar-refractivity contribution in [3.8, 4) is 0 Å². The number of rotatable bonds is 2. The van der Waals surface area contributed by atoms with Gasteiger partial charge in [-0.3, -0.25) is 0 Å². The number of piperazine rings is 1. The quantitative estimate of drug-likeness (QED) is 0.865. The van der Waals surface area contributed by atoms with Crippen molar-refractivity contribution < 1.29 is 13.2 Å². The highest BCUT2D eigenvalue weighted by Crippen LogP contribution is 2.23. The first-order chi connectivity index (χ1) is 11.0. The minimum absolute atomic E-state index is 0.169. The smallest absolute Gasteiger partial charge is 0.317 e. The zero-order chi connectivity index (χ0) is 18.1. The molecule has 8 heteroatoms. The fourth-order valence-electron chi connectivity index (χ4n) is 2.41. The Balaban J connectivity index is 2.05. The van der Waals surface area contributed by atoms with Crippen molar-refractivity contribution in [3.63, 3.8) is 0 Å². The summed E-state index contributed by atoms with van der Waals surface area (Å²) < 4.78 is 26.8. The van der Waals surface area contributed by atoms with Gasteiger partial charge in [-0.15, -0.1) is 0 Å². The Morgan fingerprint density at radius 1 is 1.17 bits per heavy atom. The molecule has 1 fully saturated rings. The molecule has 1 N–H and O–H groups in total. The summed E-state index contributed by atoms with van der Waals surface area (Å²) in [5.74, 6) is 0. The van der Waals surface area contributed by atoms with E-state index < -0.39 is 10.0 Å². The molecular weight excluding hydrogens is 350 g/mol. The van der Waals surface area contributed by atoms with Gasteiger partial charge in [0.2, 0.25) is 10.0 Å². The molecule has 134 valence electrons. The predicted molar refractivity (Wildman–Crippen MR) is 94.8 cm³/mol. The van der Waals surface area contributed by atoms with Crippen molar-refractivity contribution in [3.05, 3.63) is 28.8 Å². The number of urea groups is 1. The molecule has 1 saturated heterocycles. The summed E-state index contributed by atoms with van der Waals surface area (Å²) in [6.45, 7) is 8.82. The zero-order valence-electron chi connectivity index (χ0n) is 14.5. The highest BCUT2D eigenvalue weighted by atomic mass is 35.5. The molecule has 1 heterocycles. The van der Waals surface area contributed by atoms with Gasteiger partial charge in [0.05, 0.1) is 4.90 Å². The third-order valence-corrected chi connectivity index (χ3v) is 6.09. The Labute approximate surface area is 148 Å². The molecule has 1 aliphatic heterocycles. The van der Waals surface area contributed by atoms with Crippen LogP contribution in [0.15, 0.2) is 23.1 Å². The number of halogens is 1. The second-order valence-corrected chi connectivity index (χ2v) is 9.33. The number of sulfonamides is 1. The van der Waals surface area contributed by atoms with Gasteiger partial charge < -0.3 is 10.2 Å². The lowest BCUT2D eigenvalue weighted by Crippen LogP contribution is -2.55. The molecular formula is C16H24ClN3O3S. The maximum absolute atomic E-state index is 12.7. The number of carbonyl (C=O) groups is 1. The summed E-state index contributed by atoms with van der Waals surface area (Å²) in [7, 11) is -3.60. The minimum atomic E-state index is -3.60. The molecule has 0 bridgehead atoms. The molecule has 1 aromatic carbocycles. The highest BCUT2D eigenvalue weighted by Gasteiger charge is 2.31. The van der Waals surface area contributed by atoms with E-state index in [0.29, 0.717) is 18.1 Å². The number of amides is 2. The van der Waals surface area contributed by atoms with Crippen LogP contribution in [0.5, 0.6) is 0 Å². The molecule has 0 aliphatic carbocycles. The van der Waals surface area contributed by atoms with E-state index in [9.17, 15) is 13.2 Å². The molecule has 0 spiro atoms. The average Bonchev–Trinajstić information content (AvgIpc) is 2.48. The zero-order valence-corrected chi connectivity index (χ0v) is 16.0. The van der Waals surface area contributed by atoms with Gasteiger partial charge >= 0.3 is 6.03 Å². The summed E-state index contributed by atoms with van der Waals surface area (Å²) in [5, 5.41) is 3.32. The summed E-state index contributed by atoms with van der Waals surface area (Å²) in [4.78, 5) is 14.0. The molecule has 0 saturated carbocycles. The number of nitrogens with zero attached hydrogens (tertiary/aromatic N) is 2. The number of benzene rings is 1. The molecule has 1 aromatic rings. The summed E-state index contributed by atoms with van der Waals surface area (Å²) >= 11 is 6.04. The fraction of sp³-hybridized carbons (Fsp3) is 0.562. The van der Waals surface area contributed by atoms with Gasteiger partial charge in [0.15, 0.2) is 0 Å². The molecule has 0 aromatic heterocycles. The Bertz CT molecular complexity index is 721. The second kappa shape index (κ2) is 6.90. The van der Waals surface area contributed by atoms with Crippen LogP contribution in [0, 0.1) is 6.92 Å². The van der Waals surface area contributed by atoms with Crippen molar-refractivity contribution in [1.29, 1.82) is 0 Å². The first-order valence-electron chi connectivity index (χ1n) is 7.84. The number of hydrogen-bond acceptors (Lipinski definition) is 3. The number of hydrogen-bond donors (Lipinski definition) is 1. The summed E-state index contributed by atoms with van der Waals surface area (Å²) in [6, 6.07) is 4.57. The van der Waals surface area contributed by atoms with Crippen LogP contribution in [-0.2, 0) is 10.0 Å². The van der Waals surface area contributed by atoms with E-state index in [1.165, 1.54) is 10.4 Å². The Kier molecular flexibility index (Phi) is 5.47. The van der Waals surface area contributed by atoms with Crippen molar-refractivity contribution >= 4 is 27.7 Å². The highest BCUT2D eigenvalue weighted by molar-refractivity contribution is 7.89. The van der Waals surface area contributed by atoms with Gasteiger partial charge in [0.25, 0.3) is 0 Å². The monoisotopic (exact) mass is 373 g/mol. The first kappa shape index (κ1) is 19.0. The van der Waals surface area contributed by atoms with Crippen LogP contribution in [-0.4, -0.2) is 55.4 Å². The Hall–Kier alpha value is -1.31. The molecule has 0 radical (unpaired) electrons. The molecule has 6 nitrogen and oxygen atoms in total. The van der Waals surface area contributed by atoms with Gasteiger partial charge in [0, 0.05) is 36.7 Å². The van der Waals surface area contributed by atoms with Crippen molar-refractivity contribution in [2.45, 2.75) is 38.1 Å². The van der Waals surface area contributed by atoms with E-state index in [4.69, 9.17) is 11.6 Å². The number of nitrogens with one attached hydrogen (secondary N) is 1. The van der Waals surface area contributed by atoms with Crippen LogP contribution >= 0.6 is 11.6 Å². The van der Waals surface area contributed by atoms with Crippen LogP contribution < -0.4 is 5.32 Å². The SMILES string of the molecule is Cc1ccc(S(=O)(=O)N2CCN(C(=O)NC(C)(C)C)CC2)cc1Cl. The largest absolute Gasteiger partial charge is 0.333 e. The van der Waals surface area contributed by atoms with Crippen LogP contribution in [0.2, 0.25) is 5.02 Å². The van der Waals surface area contributed by atoms with Gasteiger partial charge in [-0.1, -0.05) is 17.7 Å². The molecule has 0 atom stereocenters. The average molecular weight is 374 g/mol. The van der Waals surface area contributed by atoms with E-state index in [1.54, 1.807) is 17.0 Å². The fourth-order valence-corrected chi connectivity index (χ4v) is 4.11. The lowest BCUT2D eigenvalue weighted by molar-refractivity contribution is 0.165. The Morgan fingerprint density at radius 2 is 1.75 bits per heavy atom. The van der Waals surface area contributed by atoms with Crippen LogP contribution in [0.1, 0.15) is 26.3 Å². The first-order valence-corrected chi connectivity index (χ1v) is 9.66. The van der Waals surface area contributed by atoms with Crippen LogP contribution in [0.3, 0.4) is 0 Å². The number of carbonyl (C=O) groups excluding carboxylic acids is 1. The molecule has 2 rings (SSSR count). The minimum Gasteiger partial charge on any atom is -0.333 e. The van der Waals surface area contributed by atoms with E-state index in [0.717, 1.165) is 5.56 Å². The number of aryl methyl sites for hydroxylation is 1. The van der Waals surface area contributed by atoms with E-state index >= 15 is 0 Å². The normalized spacial score (nSPS) is 17.0. The summed E-state index contributed by atoms with van der Waals surface area (Å²) in [5.41, 5.74) is 0.512. The van der Waals surface area contributed by atoms with E-state index in [2.05, 4.69) is 5.32 Å². The predicted octanol–water partition coefficient (Wildman–Crippen LogP) is 2.46. The summed E-state index contributed by atoms with van der Waals surface area (Å²) in [6.07, 6.45) is 0. The van der Waals surface area contributed by atoms with Crippen LogP contribution in [0.25, 0.3) is 0 Å². The lowest BCUT2D eigenvalue weighted by atomic mass is 10.1. The molecule has 2 amide bonds. The molecule has 24 heavy (non-hydrogen) atoms. The maximum Gasteiger partial charge on any atom is 0.317 e. The molecule has 0 unspecified atom stereocenters. The van der Waals surface area contributed by atoms with Gasteiger partial charge in [-0.2, -0.15) is 4.31 Å². The topological polar surface area (TPSA) is 69.7 Å². The standard InChI is InChI=1S/C16H24ClN3O3S/c1-12-5-6-13(11-14(12)17)24(22,23)20-9-7-19(8-10-20)15(21)18-16(2,3)4/h5-6,11H,7-10H2,1-4H3,(H,18,21). The Morgan fingerprint density at radius 3 is 2.25 bits per heavy atom. The van der Waals surface area contributed by atoms with Crippen LogP contribution in [0.4, 0.5) is 4.79 Å². The lowest BCUT2D eigenvalue weighted by Gasteiger charge is -2.35. The molecule has 1 aliphatic rings. The third-order valence-electron chi connectivity index (χ3n) is 3.79. The van der Waals surface area contributed by atoms with E-state index in [-0.39, 0.29) is 29.6 Å². The van der Waals surface area contributed by atoms with E-state index in [1.807, 2.05) is 27.7 Å². The van der Waals surface area contributed by atoms with Gasteiger partial charge in [0.1, 0.15) is 0 Å².